The van der Waals surface area contributed by atoms with Crippen LogP contribution in [0.3, 0.4) is 0 Å². The number of carbonyl (C=O) groups excluding carboxylic acids is 1. The van der Waals surface area contributed by atoms with Crippen LogP contribution in [0.15, 0.2) is 54.6 Å². The van der Waals surface area contributed by atoms with E-state index in [9.17, 15) is 28.1 Å². The van der Waals surface area contributed by atoms with Gasteiger partial charge in [0.15, 0.2) is 0 Å². The third-order valence-electron chi connectivity index (χ3n) is 6.42. The zero-order valence-electron chi connectivity index (χ0n) is 22.9. The summed E-state index contributed by atoms with van der Waals surface area (Å²) in [4.78, 5) is 32.5. The number of hydrogen-bond donors (Lipinski definition) is 2. The summed E-state index contributed by atoms with van der Waals surface area (Å²) in [6.45, 7) is 1.55. The number of likely N-dealkylation sites (N-methyl/N-ethyl adjacent to an activating group) is 1. The van der Waals surface area contributed by atoms with Crippen molar-refractivity contribution >= 4 is 51.3 Å². The Morgan fingerprint density at radius 2 is 1.79 bits per heavy atom. The number of nitrogens with zero attached hydrogens (tertiary/aromatic N) is 4. The van der Waals surface area contributed by atoms with Crippen molar-refractivity contribution in [3.05, 3.63) is 86.7 Å². The number of anilines is 3. The summed E-state index contributed by atoms with van der Waals surface area (Å²) in [7, 11) is 4.86. The first-order chi connectivity index (χ1) is 19.7. The lowest BCUT2D eigenvalue weighted by molar-refractivity contribution is -0.385. The molecule has 4 aromatic rings. The Hall–Kier alpha value is -4.65. The van der Waals surface area contributed by atoms with Crippen molar-refractivity contribution in [2.75, 3.05) is 31.8 Å². The zero-order valence-corrected chi connectivity index (χ0v) is 23.7. The number of amides is 1. The minimum absolute atomic E-state index is 0.0358. The molecule has 0 unspecified atom stereocenters. The highest BCUT2D eigenvalue weighted by atomic mass is 35.5. The van der Waals surface area contributed by atoms with Gasteiger partial charge in [-0.1, -0.05) is 6.07 Å². The predicted octanol–water partition coefficient (Wildman–Crippen LogP) is 6.77. The average molecular weight is 603 g/mol. The van der Waals surface area contributed by atoms with Gasteiger partial charge >= 0.3 is 6.18 Å². The molecule has 0 aliphatic carbocycles. The summed E-state index contributed by atoms with van der Waals surface area (Å²) >= 11 is 6.12. The first-order valence-electron chi connectivity index (χ1n) is 12.5. The van der Waals surface area contributed by atoms with Crippen molar-refractivity contribution < 1.29 is 27.6 Å². The van der Waals surface area contributed by atoms with E-state index in [0.717, 1.165) is 17.7 Å². The molecule has 1 atom stereocenters. The minimum atomic E-state index is -4.77. The molecule has 0 fully saturated rings. The second-order valence-electron chi connectivity index (χ2n) is 9.62. The zero-order chi connectivity index (χ0) is 30.8. The van der Waals surface area contributed by atoms with Gasteiger partial charge in [0.2, 0.25) is 11.2 Å². The second kappa shape index (κ2) is 12.1. The molecule has 1 aromatic heterocycles. The fourth-order valence-electron chi connectivity index (χ4n) is 4.19. The SMILES string of the molecule is COc1cc(Nc2ccc3nc(Cl)nc(N[C@H](C)c4cc([N+](=O)[O-])cc(C(F)(F)F)c4)c3c2)ccc1CC(=O)N(C)C. The Bertz CT molecular complexity index is 1670. The molecule has 0 radical (unpaired) electrons. The summed E-state index contributed by atoms with van der Waals surface area (Å²) in [6, 6.07) is 12.1. The van der Waals surface area contributed by atoms with Crippen molar-refractivity contribution in [3.63, 3.8) is 0 Å². The van der Waals surface area contributed by atoms with Gasteiger partial charge in [-0.25, -0.2) is 9.97 Å². The van der Waals surface area contributed by atoms with Gasteiger partial charge in [0.1, 0.15) is 11.6 Å². The minimum Gasteiger partial charge on any atom is -0.496 e. The molecule has 42 heavy (non-hydrogen) atoms. The van der Waals surface area contributed by atoms with Gasteiger partial charge in [-0.15, -0.1) is 0 Å². The van der Waals surface area contributed by atoms with Crippen molar-refractivity contribution in [2.24, 2.45) is 0 Å². The number of non-ortho nitro benzene ring substituents is 1. The fourth-order valence-corrected chi connectivity index (χ4v) is 4.36. The number of nitro groups is 1. The van der Waals surface area contributed by atoms with Crippen LogP contribution < -0.4 is 15.4 Å². The van der Waals surface area contributed by atoms with E-state index in [2.05, 4.69) is 20.6 Å². The van der Waals surface area contributed by atoms with E-state index in [0.29, 0.717) is 34.1 Å². The third kappa shape index (κ3) is 6.97. The molecule has 1 amide bonds. The number of benzene rings is 3. The van der Waals surface area contributed by atoms with Crippen LogP contribution in [-0.4, -0.2) is 46.9 Å². The number of hydrogen-bond acceptors (Lipinski definition) is 8. The lowest BCUT2D eigenvalue weighted by atomic mass is 10.0. The number of ether oxygens (including phenoxy) is 1. The van der Waals surface area contributed by atoms with Crippen LogP contribution in [0.2, 0.25) is 5.28 Å². The highest BCUT2D eigenvalue weighted by Crippen LogP contribution is 2.36. The highest BCUT2D eigenvalue weighted by Gasteiger charge is 2.33. The summed E-state index contributed by atoms with van der Waals surface area (Å²) in [6.07, 6.45) is -4.60. The number of nitrogens with one attached hydrogen (secondary N) is 2. The maximum absolute atomic E-state index is 13.4. The average Bonchev–Trinajstić information content (AvgIpc) is 2.93. The summed E-state index contributed by atoms with van der Waals surface area (Å²) in [5.41, 5.74) is 0.690. The third-order valence-corrected chi connectivity index (χ3v) is 6.59. The summed E-state index contributed by atoms with van der Waals surface area (Å²) in [5, 5.41) is 18.0. The smallest absolute Gasteiger partial charge is 0.416 e. The number of carbonyl (C=O) groups is 1. The predicted molar refractivity (Wildman–Crippen MR) is 153 cm³/mol. The molecule has 0 saturated heterocycles. The maximum Gasteiger partial charge on any atom is 0.416 e. The molecule has 0 aliphatic heterocycles. The molecule has 4 rings (SSSR count). The number of rotatable bonds is 9. The molecule has 0 aliphatic rings. The molecule has 0 saturated carbocycles. The number of alkyl halides is 3. The lowest BCUT2D eigenvalue weighted by Gasteiger charge is -2.18. The van der Waals surface area contributed by atoms with E-state index in [1.54, 1.807) is 57.4 Å². The van der Waals surface area contributed by atoms with Crippen LogP contribution in [0.1, 0.15) is 29.7 Å². The maximum atomic E-state index is 13.4. The molecule has 220 valence electrons. The van der Waals surface area contributed by atoms with Crippen molar-refractivity contribution in [1.29, 1.82) is 0 Å². The fraction of sp³-hybridized carbons (Fsp3) is 0.250. The Morgan fingerprint density at radius 1 is 1.10 bits per heavy atom. The summed E-state index contributed by atoms with van der Waals surface area (Å²) < 4.78 is 45.8. The normalized spacial score (nSPS) is 12.1. The van der Waals surface area contributed by atoms with Crippen LogP contribution >= 0.6 is 11.6 Å². The van der Waals surface area contributed by atoms with E-state index in [-0.39, 0.29) is 29.0 Å². The molecule has 2 N–H and O–H groups in total. The van der Waals surface area contributed by atoms with Crippen molar-refractivity contribution in [2.45, 2.75) is 25.6 Å². The Morgan fingerprint density at radius 3 is 2.43 bits per heavy atom. The number of halogens is 4. The number of methoxy groups -OCH3 is 1. The van der Waals surface area contributed by atoms with Crippen molar-refractivity contribution in [3.8, 4) is 5.75 Å². The van der Waals surface area contributed by atoms with E-state index in [1.807, 2.05) is 0 Å². The molecule has 0 spiro atoms. The van der Waals surface area contributed by atoms with E-state index in [4.69, 9.17) is 16.3 Å². The number of aromatic nitrogens is 2. The first-order valence-corrected chi connectivity index (χ1v) is 12.9. The van der Waals surface area contributed by atoms with Crippen LogP contribution in [0.5, 0.6) is 5.75 Å². The quantitative estimate of drug-likeness (QED) is 0.122. The van der Waals surface area contributed by atoms with Crippen LogP contribution in [0, 0.1) is 10.1 Å². The van der Waals surface area contributed by atoms with Crippen LogP contribution in [0.25, 0.3) is 10.9 Å². The lowest BCUT2D eigenvalue weighted by Crippen LogP contribution is -2.23. The molecule has 14 heteroatoms. The van der Waals surface area contributed by atoms with Crippen LogP contribution in [-0.2, 0) is 17.4 Å². The second-order valence-corrected chi connectivity index (χ2v) is 9.96. The highest BCUT2D eigenvalue weighted by molar-refractivity contribution is 6.28. The van der Waals surface area contributed by atoms with Gasteiger partial charge in [0, 0.05) is 54.6 Å². The van der Waals surface area contributed by atoms with Gasteiger partial charge in [0.25, 0.3) is 5.69 Å². The van der Waals surface area contributed by atoms with Gasteiger partial charge in [-0.3, -0.25) is 14.9 Å². The Labute approximate surface area is 243 Å². The van der Waals surface area contributed by atoms with Gasteiger partial charge in [-0.05, 0) is 54.4 Å². The topological polar surface area (TPSA) is 123 Å². The standard InChI is InChI=1S/C28H26ClF3N6O4/c1-15(17-9-18(28(30,31)32)12-21(10-17)38(40)41)33-26-22-13-19(7-8-23(22)35-27(29)36-26)34-20-6-5-16(24(14-20)42-4)11-25(39)37(2)3/h5-10,12-15,34H,11H2,1-4H3,(H,33,35,36)/t15-/m1/s1. The van der Waals surface area contributed by atoms with E-state index < -0.39 is 28.4 Å². The van der Waals surface area contributed by atoms with E-state index in [1.165, 1.54) is 12.0 Å². The molecule has 10 nitrogen and oxygen atoms in total. The number of nitro benzene ring substituents is 1. The van der Waals surface area contributed by atoms with Gasteiger partial charge in [-0.2, -0.15) is 13.2 Å². The largest absolute Gasteiger partial charge is 0.496 e. The number of fused-ring (bicyclic) bond motifs is 1. The Kier molecular flexibility index (Phi) is 8.71. The first kappa shape index (κ1) is 30.3. The monoisotopic (exact) mass is 602 g/mol. The van der Waals surface area contributed by atoms with Gasteiger partial charge in [0.05, 0.1) is 35.6 Å². The van der Waals surface area contributed by atoms with E-state index >= 15 is 0 Å². The van der Waals surface area contributed by atoms with Crippen molar-refractivity contribution in [1.82, 2.24) is 14.9 Å². The molecule has 1 heterocycles. The molecule has 3 aromatic carbocycles. The van der Waals surface area contributed by atoms with Crippen LogP contribution in [0.4, 0.5) is 36.1 Å². The molecular formula is C28H26ClF3N6O4. The Balaban J connectivity index is 1.66. The molecular weight excluding hydrogens is 577 g/mol. The molecule has 0 bridgehead atoms. The van der Waals surface area contributed by atoms with Gasteiger partial charge < -0.3 is 20.3 Å². The summed E-state index contributed by atoms with van der Waals surface area (Å²) in [5.74, 6) is 0.671.